The van der Waals surface area contributed by atoms with E-state index in [-0.39, 0.29) is 18.0 Å². The lowest BCUT2D eigenvalue weighted by Crippen LogP contribution is -2.29. The standard InChI is InChI=1S/C21H32O3/c1-3-5-6-15-21(22)24-20-14-10-8-12-18(20)17-11-7-9-13-19(17)23-16-4-2/h7,9,11,13,18,20H,3-6,8,10,12,14-16H2,1-2H3/t18-,20+/m0/s1. The van der Waals surface area contributed by atoms with E-state index < -0.39 is 0 Å². The molecule has 2 atom stereocenters. The van der Waals surface area contributed by atoms with E-state index in [0.717, 1.165) is 57.3 Å². The third-order valence-electron chi connectivity index (χ3n) is 4.75. The van der Waals surface area contributed by atoms with Crippen molar-refractivity contribution in [2.75, 3.05) is 6.61 Å². The first kappa shape index (κ1) is 18.8. The lowest BCUT2D eigenvalue weighted by molar-refractivity contribution is -0.151. The highest BCUT2D eigenvalue weighted by Gasteiger charge is 2.31. The van der Waals surface area contributed by atoms with Crippen LogP contribution in [0.5, 0.6) is 5.75 Å². The monoisotopic (exact) mass is 332 g/mol. The van der Waals surface area contributed by atoms with E-state index >= 15 is 0 Å². The number of carbonyl (C=O) groups is 1. The minimum Gasteiger partial charge on any atom is -0.493 e. The Hall–Kier alpha value is -1.51. The summed E-state index contributed by atoms with van der Waals surface area (Å²) in [6.07, 6.45) is 9.06. The quantitative estimate of drug-likeness (QED) is 0.434. The molecular formula is C21H32O3. The van der Waals surface area contributed by atoms with Crippen LogP contribution < -0.4 is 4.74 Å². The van der Waals surface area contributed by atoms with Gasteiger partial charge >= 0.3 is 5.97 Å². The molecule has 0 aromatic heterocycles. The van der Waals surface area contributed by atoms with Crippen molar-refractivity contribution in [3.8, 4) is 5.75 Å². The van der Waals surface area contributed by atoms with Crippen molar-refractivity contribution >= 4 is 5.97 Å². The van der Waals surface area contributed by atoms with Gasteiger partial charge in [-0.2, -0.15) is 0 Å². The van der Waals surface area contributed by atoms with Crippen molar-refractivity contribution in [3.63, 3.8) is 0 Å². The fourth-order valence-electron chi connectivity index (χ4n) is 3.47. The van der Waals surface area contributed by atoms with Crippen LogP contribution in [0, 0.1) is 0 Å². The van der Waals surface area contributed by atoms with Gasteiger partial charge in [0.25, 0.3) is 0 Å². The SMILES string of the molecule is CCCCCC(=O)O[C@@H]1CCCC[C@H]1c1ccccc1OCCC. The molecule has 0 bridgehead atoms. The van der Waals surface area contributed by atoms with Crippen LogP contribution in [0.1, 0.15) is 83.1 Å². The number of unbranched alkanes of at least 4 members (excludes halogenated alkanes) is 2. The van der Waals surface area contributed by atoms with Crippen LogP contribution in [-0.2, 0) is 9.53 Å². The van der Waals surface area contributed by atoms with Crippen molar-refractivity contribution in [2.24, 2.45) is 0 Å². The van der Waals surface area contributed by atoms with Crippen LogP contribution in [0.3, 0.4) is 0 Å². The van der Waals surface area contributed by atoms with Gasteiger partial charge in [0.15, 0.2) is 0 Å². The Morgan fingerprint density at radius 1 is 1.08 bits per heavy atom. The van der Waals surface area contributed by atoms with Crippen LogP contribution in [-0.4, -0.2) is 18.7 Å². The van der Waals surface area contributed by atoms with Crippen LogP contribution in [0.25, 0.3) is 0 Å². The molecule has 0 amide bonds. The zero-order chi connectivity index (χ0) is 17.2. The summed E-state index contributed by atoms with van der Waals surface area (Å²) in [5, 5.41) is 0. The van der Waals surface area contributed by atoms with Gasteiger partial charge in [-0.05, 0) is 38.2 Å². The first-order chi connectivity index (χ1) is 11.8. The molecule has 3 heteroatoms. The predicted molar refractivity (Wildman–Crippen MR) is 97.5 cm³/mol. The molecule has 0 N–H and O–H groups in total. The smallest absolute Gasteiger partial charge is 0.306 e. The van der Waals surface area contributed by atoms with E-state index in [1.807, 2.05) is 12.1 Å². The molecule has 1 saturated carbocycles. The Balaban J connectivity index is 2.04. The molecule has 0 heterocycles. The van der Waals surface area contributed by atoms with Gasteiger partial charge in [0.05, 0.1) is 6.61 Å². The van der Waals surface area contributed by atoms with Crippen molar-refractivity contribution in [1.82, 2.24) is 0 Å². The molecule has 0 radical (unpaired) electrons. The number of rotatable bonds is 9. The number of hydrogen-bond acceptors (Lipinski definition) is 3. The molecule has 1 fully saturated rings. The molecule has 24 heavy (non-hydrogen) atoms. The largest absolute Gasteiger partial charge is 0.493 e. The topological polar surface area (TPSA) is 35.5 Å². The van der Waals surface area contributed by atoms with E-state index in [4.69, 9.17) is 9.47 Å². The molecule has 0 spiro atoms. The first-order valence-electron chi connectivity index (χ1n) is 9.67. The minimum absolute atomic E-state index is 0.000692. The van der Waals surface area contributed by atoms with E-state index in [1.165, 1.54) is 12.0 Å². The summed E-state index contributed by atoms with van der Waals surface area (Å²) in [5.74, 6) is 1.19. The maximum atomic E-state index is 12.2. The fourth-order valence-corrected chi connectivity index (χ4v) is 3.47. The summed E-state index contributed by atoms with van der Waals surface area (Å²) in [4.78, 5) is 12.2. The molecule has 0 saturated heterocycles. The molecule has 1 aromatic carbocycles. The molecule has 0 aliphatic heterocycles. The highest BCUT2D eigenvalue weighted by Crippen LogP contribution is 2.39. The summed E-state index contributed by atoms with van der Waals surface area (Å²) < 4.78 is 11.8. The van der Waals surface area contributed by atoms with Crippen molar-refractivity contribution in [2.45, 2.75) is 83.7 Å². The molecule has 1 aliphatic rings. The Kier molecular flexibility index (Phi) is 8.14. The van der Waals surface area contributed by atoms with Gasteiger partial charge in [-0.25, -0.2) is 0 Å². The van der Waals surface area contributed by atoms with Gasteiger partial charge in [-0.15, -0.1) is 0 Å². The van der Waals surface area contributed by atoms with E-state index in [2.05, 4.69) is 26.0 Å². The third kappa shape index (κ3) is 5.54. The maximum absolute atomic E-state index is 12.2. The second-order valence-electron chi connectivity index (χ2n) is 6.76. The zero-order valence-electron chi connectivity index (χ0n) is 15.3. The minimum atomic E-state index is -0.0349. The number of ether oxygens (including phenoxy) is 2. The molecule has 0 unspecified atom stereocenters. The normalized spacial score (nSPS) is 20.6. The van der Waals surface area contributed by atoms with Crippen LogP contribution in [0.4, 0.5) is 0 Å². The van der Waals surface area contributed by atoms with Crippen molar-refractivity contribution in [3.05, 3.63) is 29.8 Å². The Morgan fingerprint density at radius 2 is 1.88 bits per heavy atom. The molecule has 3 nitrogen and oxygen atoms in total. The number of para-hydroxylation sites is 1. The zero-order valence-corrected chi connectivity index (χ0v) is 15.3. The van der Waals surface area contributed by atoms with Gasteiger partial charge in [-0.1, -0.05) is 51.3 Å². The number of benzene rings is 1. The molecule has 2 rings (SSSR count). The predicted octanol–water partition coefficient (Wildman–Crippen LogP) is 5.63. The van der Waals surface area contributed by atoms with Crippen molar-refractivity contribution < 1.29 is 14.3 Å². The fraction of sp³-hybridized carbons (Fsp3) is 0.667. The first-order valence-corrected chi connectivity index (χ1v) is 9.67. The highest BCUT2D eigenvalue weighted by molar-refractivity contribution is 5.69. The van der Waals surface area contributed by atoms with Gasteiger partial charge in [0.1, 0.15) is 11.9 Å². The van der Waals surface area contributed by atoms with E-state index in [0.29, 0.717) is 6.42 Å². The summed E-state index contributed by atoms with van der Waals surface area (Å²) >= 11 is 0. The van der Waals surface area contributed by atoms with E-state index in [9.17, 15) is 4.79 Å². The summed E-state index contributed by atoms with van der Waals surface area (Å²) in [6.45, 7) is 4.99. The Labute approximate surface area is 146 Å². The number of carbonyl (C=O) groups excluding carboxylic acids is 1. The summed E-state index contributed by atoms with van der Waals surface area (Å²) in [6, 6.07) is 8.25. The lowest BCUT2D eigenvalue weighted by atomic mass is 9.81. The third-order valence-corrected chi connectivity index (χ3v) is 4.75. The molecular weight excluding hydrogens is 300 g/mol. The second kappa shape index (κ2) is 10.4. The van der Waals surface area contributed by atoms with Gasteiger partial charge in [-0.3, -0.25) is 4.79 Å². The van der Waals surface area contributed by atoms with Gasteiger partial charge in [0, 0.05) is 17.9 Å². The Bertz CT molecular complexity index is 498. The molecule has 1 aliphatic carbocycles. The van der Waals surface area contributed by atoms with Gasteiger partial charge < -0.3 is 9.47 Å². The summed E-state index contributed by atoms with van der Waals surface area (Å²) in [7, 11) is 0. The van der Waals surface area contributed by atoms with Gasteiger partial charge in [0.2, 0.25) is 0 Å². The maximum Gasteiger partial charge on any atom is 0.306 e. The number of hydrogen-bond donors (Lipinski definition) is 0. The van der Waals surface area contributed by atoms with Crippen molar-refractivity contribution in [1.29, 1.82) is 0 Å². The highest BCUT2D eigenvalue weighted by atomic mass is 16.5. The average Bonchev–Trinajstić information content (AvgIpc) is 2.61. The van der Waals surface area contributed by atoms with Crippen LogP contribution in [0.2, 0.25) is 0 Å². The number of esters is 1. The summed E-state index contributed by atoms with van der Waals surface area (Å²) in [5.41, 5.74) is 1.21. The second-order valence-corrected chi connectivity index (χ2v) is 6.76. The Morgan fingerprint density at radius 3 is 2.67 bits per heavy atom. The van der Waals surface area contributed by atoms with Crippen LogP contribution in [0.15, 0.2) is 24.3 Å². The molecule has 1 aromatic rings. The molecule has 134 valence electrons. The van der Waals surface area contributed by atoms with E-state index in [1.54, 1.807) is 0 Å². The van der Waals surface area contributed by atoms with Crippen LogP contribution >= 0.6 is 0 Å². The average molecular weight is 332 g/mol. The lowest BCUT2D eigenvalue weighted by Gasteiger charge is -2.32.